The first-order chi connectivity index (χ1) is 13.3. The molecule has 2 nitrogen and oxygen atoms in total. The molecule has 0 aliphatic heterocycles. The first kappa shape index (κ1) is 19.4. The fourth-order valence-electron chi connectivity index (χ4n) is 4.55. The molecule has 5 aromatic rings. The summed E-state index contributed by atoms with van der Waals surface area (Å²) in [5.41, 5.74) is 2.72. The molecular formula is C25H26IrN2. The third kappa shape index (κ3) is 2.84. The number of fused-ring (bicyclic) bond motifs is 3. The van der Waals surface area contributed by atoms with Crippen LogP contribution in [0.4, 0.5) is 0 Å². The molecule has 0 saturated carbocycles. The third-order valence-electron chi connectivity index (χ3n) is 5.87. The number of imidazole rings is 1. The van der Waals surface area contributed by atoms with Gasteiger partial charge in [0.1, 0.15) is 0 Å². The Morgan fingerprint density at radius 2 is 1.46 bits per heavy atom. The van der Waals surface area contributed by atoms with Crippen molar-refractivity contribution in [1.82, 2.24) is 4.57 Å². The molecule has 0 amide bonds. The van der Waals surface area contributed by atoms with E-state index in [4.69, 9.17) is 0 Å². The van der Waals surface area contributed by atoms with Crippen LogP contribution in [0.1, 0.15) is 39.5 Å². The van der Waals surface area contributed by atoms with E-state index in [-0.39, 0.29) is 20.1 Å². The van der Waals surface area contributed by atoms with Crippen molar-refractivity contribution in [2.75, 3.05) is 0 Å². The molecule has 0 spiro atoms. The van der Waals surface area contributed by atoms with E-state index in [2.05, 4.69) is 77.8 Å². The van der Waals surface area contributed by atoms with Gasteiger partial charge in [0, 0.05) is 31.1 Å². The van der Waals surface area contributed by atoms with Gasteiger partial charge in [0.25, 0.3) is 0 Å². The summed E-state index contributed by atoms with van der Waals surface area (Å²) in [6.07, 6.45) is 8.49. The Morgan fingerprint density at radius 3 is 2.14 bits per heavy atom. The fourth-order valence-corrected chi connectivity index (χ4v) is 4.55. The normalized spacial score (nSPS) is 11.8. The van der Waals surface area contributed by atoms with Gasteiger partial charge in [0.15, 0.2) is 0 Å². The van der Waals surface area contributed by atoms with Crippen LogP contribution < -0.4 is 4.57 Å². The molecular weight excluding hydrogens is 521 g/mol. The van der Waals surface area contributed by atoms with Gasteiger partial charge in [-0.05, 0) is 45.2 Å². The quantitative estimate of drug-likeness (QED) is 0.136. The molecule has 1 aromatic heterocycles. The smallest absolute Gasteiger partial charge is 0.204 e. The zero-order chi connectivity index (χ0) is 18.4. The summed E-state index contributed by atoms with van der Waals surface area (Å²) >= 11 is 0. The Kier molecular flexibility index (Phi) is 5.40. The number of nitrogens with zero attached hydrogens (tertiary/aromatic N) is 2. The van der Waals surface area contributed by atoms with Gasteiger partial charge in [-0.25, -0.2) is 0 Å². The maximum atomic E-state index is 3.72. The van der Waals surface area contributed by atoms with Gasteiger partial charge in [-0.3, -0.25) is 0 Å². The molecule has 28 heavy (non-hydrogen) atoms. The number of benzene rings is 4. The fraction of sp³-hybridized carbons (Fsp3) is 0.320. The van der Waals surface area contributed by atoms with Crippen LogP contribution in [0, 0.1) is 6.33 Å². The minimum atomic E-state index is 0. The molecule has 5 rings (SSSR count). The van der Waals surface area contributed by atoms with Gasteiger partial charge >= 0.3 is 0 Å². The zero-order valence-corrected chi connectivity index (χ0v) is 19.0. The molecule has 0 bridgehead atoms. The maximum absolute atomic E-state index is 3.72. The van der Waals surface area contributed by atoms with Gasteiger partial charge in [0.2, 0.25) is 6.33 Å². The van der Waals surface area contributed by atoms with Crippen molar-refractivity contribution in [3.05, 3.63) is 54.9 Å². The van der Waals surface area contributed by atoms with E-state index >= 15 is 0 Å². The summed E-state index contributed by atoms with van der Waals surface area (Å²) in [5.74, 6) is 0. The predicted molar refractivity (Wildman–Crippen MR) is 114 cm³/mol. The van der Waals surface area contributed by atoms with E-state index in [1.54, 1.807) is 0 Å². The van der Waals surface area contributed by atoms with Crippen LogP contribution in [0.25, 0.3) is 43.4 Å². The largest absolute Gasteiger partial charge is 0.344 e. The summed E-state index contributed by atoms with van der Waals surface area (Å²) < 4.78 is 4.77. The first-order valence-corrected chi connectivity index (χ1v) is 10.3. The third-order valence-corrected chi connectivity index (χ3v) is 5.87. The predicted octanol–water partition coefficient (Wildman–Crippen LogP) is 6.22. The Morgan fingerprint density at radius 1 is 0.821 bits per heavy atom. The van der Waals surface area contributed by atoms with Crippen LogP contribution in [-0.2, 0) is 33.2 Å². The number of unbranched alkanes of at least 4 members (excludes halogenated alkanes) is 2. The van der Waals surface area contributed by atoms with Crippen molar-refractivity contribution in [1.29, 1.82) is 0 Å². The molecule has 0 fully saturated rings. The SMILES string of the molecule is CCCCn1[c-][n+](CCCC)c2c3cccc4ccc5cccc(c5c43)c21.[Ir]. The van der Waals surface area contributed by atoms with Crippen LogP contribution in [0.3, 0.4) is 0 Å². The van der Waals surface area contributed by atoms with Crippen molar-refractivity contribution < 1.29 is 24.7 Å². The second-order valence-electron chi connectivity index (χ2n) is 7.68. The van der Waals surface area contributed by atoms with Crippen molar-refractivity contribution >= 4 is 43.4 Å². The Bertz CT molecular complexity index is 1160. The Balaban J connectivity index is 0.00000192. The number of aromatic nitrogens is 2. The topological polar surface area (TPSA) is 8.81 Å². The van der Waals surface area contributed by atoms with E-state index in [9.17, 15) is 0 Å². The van der Waals surface area contributed by atoms with Gasteiger partial charge in [0.05, 0.1) is 13.1 Å². The van der Waals surface area contributed by atoms with Crippen molar-refractivity contribution in [2.45, 2.75) is 52.6 Å². The zero-order valence-electron chi connectivity index (χ0n) is 16.6. The number of rotatable bonds is 6. The molecule has 1 radical (unpaired) electrons. The molecule has 0 saturated heterocycles. The van der Waals surface area contributed by atoms with Crippen LogP contribution in [0.5, 0.6) is 0 Å². The standard InChI is InChI=1S/C25H26N2.Ir/c1-3-5-15-26-17-27(16-6-4-2)25-21-12-8-10-19-14-13-18-9-7-11-20(24(25)26)22(18)23(19)21;/h7-14H,3-6,15-16H2,1-2H3;. The molecule has 4 aromatic carbocycles. The van der Waals surface area contributed by atoms with E-state index in [1.807, 2.05) is 0 Å². The second-order valence-corrected chi connectivity index (χ2v) is 7.68. The summed E-state index contributed by atoms with van der Waals surface area (Å²) in [5, 5.41) is 8.22. The minimum Gasteiger partial charge on any atom is -0.344 e. The summed E-state index contributed by atoms with van der Waals surface area (Å²) in [4.78, 5) is 0. The average molecular weight is 547 g/mol. The van der Waals surface area contributed by atoms with Crippen LogP contribution in [0.2, 0.25) is 0 Å². The average Bonchev–Trinajstić information content (AvgIpc) is 3.08. The number of aryl methyl sites for hydroxylation is 2. The molecule has 145 valence electrons. The van der Waals surface area contributed by atoms with Gasteiger partial charge in [-0.15, -0.1) is 0 Å². The molecule has 0 aliphatic carbocycles. The van der Waals surface area contributed by atoms with Crippen molar-refractivity contribution in [3.63, 3.8) is 0 Å². The minimum absolute atomic E-state index is 0. The second kappa shape index (κ2) is 7.81. The molecule has 1 heterocycles. The molecule has 0 unspecified atom stereocenters. The van der Waals surface area contributed by atoms with Crippen LogP contribution >= 0.6 is 0 Å². The number of hydrogen-bond donors (Lipinski definition) is 0. The number of hydrogen-bond acceptors (Lipinski definition) is 0. The van der Waals surface area contributed by atoms with Crippen molar-refractivity contribution in [3.8, 4) is 0 Å². The molecule has 0 atom stereocenters. The van der Waals surface area contributed by atoms with Gasteiger partial charge in [-0.1, -0.05) is 75.2 Å². The molecule has 0 aliphatic rings. The monoisotopic (exact) mass is 547 g/mol. The Hall–Kier alpha value is -1.96. The van der Waals surface area contributed by atoms with Crippen molar-refractivity contribution in [2.24, 2.45) is 0 Å². The van der Waals surface area contributed by atoms with Gasteiger partial charge in [-0.2, -0.15) is 0 Å². The summed E-state index contributed by atoms with van der Waals surface area (Å²) in [7, 11) is 0. The molecule has 3 heteroatoms. The van der Waals surface area contributed by atoms with Crippen LogP contribution in [-0.4, -0.2) is 4.57 Å². The summed E-state index contributed by atoms with van der Waals surface area (Å²) in [6, 6.07) is 18.0. The van der Waals surface area contributed by atoms with E-state index in [0.29, 0.717) is 0 Å². The van der Waals surface area contributed by atoms with E-state index in [0.717, 1.165) is 13.1 Å². The maximum Gasteiger partial charge on any atom is 0.204 e. The van der Waals surface area contributed by atoms with Gasteiger partial charge < -0.3 is 9.13 Å². The Labute approximate surface area is 179 Å². The summed E-state index contributed by atoms with van der Waals surface area (Å²) in [6.45, 7) is 6.59. The first-order valence-electron chi connectivity index (χ1n) is 10.3. The van der Waals surface area contributed by atoms with E-state index < -0.39 is 0 Å². The van der Waals surface area contributed by atoms with Crippen LogP contribution in [0.15, 0.2) is 48.5 Å². The molecule has 0 N–H and O–H groups in total. The van der Waals surface area contributed by atoms with E-state index in [1.165, 1.54) is 69.0 Å².